The standard InChI is InChI=1S/C34H35F4N3O3S2/c1-3-4-24-19-28(13-14-30(24)44-22(2)33(42)43)45-21-31-29(39-32(46-31)23-5-7-25(8-6-23)34(36,37)38)20-40-15-17-41(18-16-40)27-11-9-26(35)10-12-27/h5-14,19,22H,3-4,15-18,20-21H2,1-2H3,(H,42,43). The van der Waals surface area contributed by atoms with Gasteiger partial charge in [-0.15, -0.1) is 23.1 Å². The molecule has 0 aliphatic carbocycles. The average molecular weight is 674 g/mol. The van der Waals surface area contributed by atoms with Gasteiger partial charge in [0, 0.05) is 59.5 Å². The molecule has 0 spiro atoms. The van der Waals surface area contributed by atoms with Crippen LogP contribution in [0.3, 0.4) is 0 Å². The van der Waals surface area contributed by atoms with E-state index in [1.165, 1.54) is 42.5 Å². The smallest absolute Gasteiger partial charge is 0.416 e. The first kappa shape index (κ1) is 33.7. The first-order chi connectivity index (χ1) is 22.0. The lowest BCUT2D eigenvalue weighted by molar-refractivity contribution is -0.144. The molecule has 2 heterocycles. The van der Waals surface area contributed by atoms with Gasteiger partial charge >= 0.3 is 12.1 Å². The molecule has 0 amide bonds. The van der Waals surface area contributed by atoms with Gasteiger partial charge in [0.2, 0.25) is 0 Å². The Hall–Kier alpha value is -3.61. The second kappa shape index (κ2) is 14.9. The molecule has 1 N–H and O–H groups in total. The molecular weight excluding hydrogens is 639 g/mol. The number of carbonyl (C=O) groups is 1. The van der Waals surface area contributed by atoms with Crippen molar-refractivity contribution in [3.63, 3.8) is 0 Å². The van der Waals surface area contributed by atoms with E-state index in [2.05, 4.69) is 16.7 Å². The highest BCUT2D eigenvalue weighted by Gasteiger charge is 2.30. The van der Waals surface area contributed by atoms with Crippen molar-refractivity contribution in [3.05, 3.63) is 94.2 Å². The number of alkyl halides is 3. The van der Waals surface area contributed by atoms with Crippen molar-refractivity contribution in [3.8, 4) is 16.3 Å². The second-order valence-corrected chi connectivity index (χ2v) is 13.2. The third kappa shape index (κ3) is 8.59. The lowest BCUT2D eigenvalue weighted by atomic mass is 10.1. The number of carboxylic acid groups (broad SMARTS) is 1. The molecule has 4 aromatic rings. The Morgan fingerprint density at radius 1 is 1.04 bits per heavy atom. The highest BCUT2D eigenvalue weighted by Crippen LogP contribution is 2.37. The summed E-state index contributed by atoms with van der Waals surface area (Å²) in [7, 11) is 0. The minimum Gasteiger partial charge on any atom is -0.479 e. The van der Waals surface area contributed by atoms with Crippen LogP contribution >= 0.6 is 23.1 Å². The number of benzene rings is 3. The number of hydrogen-bond donors (Lipinski definition) is 1. The fourth-order valence-corrected chi connectivity index (χ4v) is 7.33. The number of halogens is 4. The summed E-state index contributed by atoms with van der Waals surface area (Å²) in [4.78, 5) is 22.8. The van der Waals surface area contributed by atoms with E-state index in [1.54, 1.807) is 23.9 Å². The minimum atomic E-state index is -4.41. The molecule has 6 nitrogen and oxygen atoms in total. The van der Waals surface area contributed by atoms with Gasteiger partial charge in [-0.25, -0.2) is 14.2 Å². The normalized spacial score (nSPS) is 14.8. The molecule has 1 aliphatic rings. The zero-order valence-corrected chi connectivity index (χ0v) is 27.2. The lowest BCUT2D eigenvalue weighted by Gasteiger charge is -2.36. The van der Waals surface area contributed by atoms with Crippen LogP contribution in [-0.2, 0) is 29.7 Å². The van der Waals surface area contributed by atoms with Gasteiger partial charge in [-0.05, 0) is 73.5 Å². The molecule has 0 bridgehead atoms. The Morgan fingerprint density at radius 2 is 1.74 bits per heavy atom. The molecular formula is C34H35F4N3O3S2. The quantitative estimate of drug-likeness (QED) is 0.120. The maximum absolute atomic E-state index is 13.4. The summed E-state index contributed by atoms with van der Waals surface area (Å²) in [6.45, 7) is 7.28. The van der Waals surface area contributed by atoms with E-state index in [4.69, 9.17) is 9.72 Å². The van der Waals surface area contributed by atoms with Crippen LogP contribution in [0.25, 0.3) is 10.6 Å². The molecule has 1 atom stereocenters. The summed E-state index contributed by atoms with van der Waals surface area (Å²) >= 11 is 3.12. The Labute approximate surface area is 274 Å². The predicted octanol–water partition coefficient (Wildman–Crippen LogP) is 8.39. The van der Waals surface area contributed by atoms with Crippen LogP contribution < -0.4 is 9.64 Å². The van der Waals surface area contributed by atoms with Crippen molar-refractivity contribution in [2.24, 2.45) is 0 Å². The number of anilines is 1. The summed E-state index contributed by atoms with van der Waals surface area (Å²) in [5, 5.41) is 9.95. The van der Waals surface area contributed by atoms with E-state index in [0.717, 1.165) is 77.9 Å². The van der Waals surface area contributed by atoms with Crippen molar-refractivity contribution in [1.29, 1.82) is 0 Å². The molecule has 1 unspecified atom stereocenters. The van der Waals surface area contributed by atoms with Crippen LogP contribution in [0.2, 0.25) is 0 Å². The van der Waals surface area contributed by atoms with E-state index in [9.17, 15) is 27.5 Å². The molecule has 244 valence electrons. The fraction of sp³-hybridized carbons (Fsp3) is 0.353. The lowest BCUT2D eigenvalue weighted by Crippen LogP contribution is -2.46. The largest absolute Gasteiger partial charge is 0.479 e. The number of aryl methyl sites for hydroxylation is 1. The minimum absolute atomic E-state index is 0.265. The molecule has 46 heavy (non-hydrogen) atoms. The van der Waals surface area contributed by atoms with Crippen LogP contribution in [0.15, 0.2) is 71.6 Å². The maximum Gasteiger partial charge on any atom is 0.416 e. The Bertz CT molecular complexity index is 1620. The van der Waals surface area contributed by atoms with Crippen molar-refractivity contribution >= 4 is 34.8 Å². The van der Waals surface area contributed by atoms with Gasteiger partial charge < -0.3 is 14.7 Å². The van der Waals surface area contributed by atoms with Crippen LogP contribution in [0.1, 0.15) is 42.0 Å². The van der Waals surface area contributed by atoms with Crippen LogP contribution in [0, 0.1) is 5.82 Å². The third-order valence-electron chi connectivity index (χ3n) is 7.75. The highest BCUT2D eigenvalue weighted by molar-refractivity contribution is 7.98. The molecule has 1 aliphatic heterocycles. The topological polar surface area (TPSA) is 65.9 Å². The van der Waals surface area contributed by atoms with E-state index in [0.29, 0.717) is 28.6 Å². The predicted molar refractivity (Wildman–Crippen MR) is 174 cm³/mol. The molecule has 3 aromatic carbocycles. The first-order valence-corrected chi connectivity index (χ1v) is 16.8. The molecule has 1 fully saturated rings. The summed E-state index contributed by atoms with van der Waals surface area (Å²) in [5.74, 6) is -0.123. The van der Waals surface area contributed by atoms with Crippen LogP contribution in [0.5, 0.6) is 5.75 Å². The number of rotatable bonds is 12. The summed E-state index contributed by atoms with van der Waals surface area (Å²) in [6.07, 6.45) is -3.76. The number of aromatic nitrogens is 1. The summed E-state index contributed by atoms with van der Waals surface area (Å²) < 4.78 is 58.7. The molecule has 5 rings (SSSR count). The molecule has 1 aromatic heterocycles. The second-order valence-electron chi connectivity index (χ2n) is 11.1. The van der Waals surface area contributed by atoms with Gasteiger partial charge in [0.1, 0.15) is 16.6 Å². The van der Waals surface area contributed by atoms with Crippen molar-refractivity contribution in [2.45, 2.75) is 56.2 Å². The molecule has 0 saturated carbocycles. The van der Waals surface area contributed by atoms with E-state index >= 15 is 0 Å². The molecule has 0 radical (unpaired) electrons. The maximum atomic E-state index is 13.4. The molecule has 1 saturated heterocycles. The number of nitrogens with zero attached hydrogens (tertiary/aromatic N) is 3. The van der Waals surface area contributed by atoms with Gasteiger partial charge in [-0.1, -0.05) is 25.5 Å². The monoisotopic (exact) mass is 673 g/mol. The number of ether oxygens (including phenoxy) is 1. The third-order valence-corrected chi connectivity index (χ3v) is 10.1. The number of piperazine rings is 1. The van der Waals surface area contributed by atoms with Crippen LogP contribution in [-0.4, -0.2) is 53.2 Å². The number of thiazole rings is 1. The Morgan fingerprint density at radius 3 is 2.37 bits per heavy atom. The first-order valence-electron chi connectivity index (χ1n) is 15.0. The van der Waals surface area contributed by atoms with Gasteiger partial charge in [0.25, 0.3) is 0 Å². The van der Waals surface area contributed by atoms with Crippen molar-refractivity contribution in [1.82, 2.24) is 9.88 Å². The number of hydrogen-bond acceptors (Lipinski definition) is 7. The fourth-order valence-electron chi connectivity index (χ4n) is 5.19. The number of carboxylic acids is 1. The Balaban J connectivity index is 1.34. The van der Waals surface area contributed by atoms with Gasteiger partial charge in [0.05, 0.1) is 11.3 Å². The zero-order chi connectivity index (χ0) is 32.8. The van der Waals surface area contributed by atoms with Gasteiger partial charge in [-0.3, -0.25) is 4.90 Å². The number of thioether (sulfide) groups is 1. The van der Waals surface area contributed by atoms with Crippen molar-refractivity contribution < 1.29 is 32.2 Å². The Kier molecular flexibility index (Phi) is 10.9. The van der Waals surface area contributed by atoms with Gasteiger partial charge in [0.15, 0.2) is 6.10 Å². The van der Waals surface area contributed by atoms with E-state index in [1.807, 2.05) is 18.2 Å². The highest BCUT2D eigenvalue weighted by atomic mass is 32.2. The summed E-state index contributed by atoms with van der Waals surface area (Å²) in [6, 6.07) is 17.4. The summed E-state index contributed by atoms with van der Waals surface area (Å²) in [5.41, 5.74) is 2.75. The average Bonchev–Trinajstić information content (AvgIpc) is 3.44. The number of aliphatic carboxylic acids is 1. The van der Waals surface area contributed by atoms with Crippen molar-refractivity contribution in [2.75, 3.05) is 31.1 Å². The van der Waals surface area contributed by atoms with E-state index < -0.39 is 23.8 Å². The SMILES string of the molecule is CCCc1cc(SCc2sc(-c3ccc(C(F)(F)F)cc3)nc2CN2CCN(c3ccc(F)cc3)CC2)ccc1OC(C)C(=O)O. The van der Waals surface area contributed by atoms with Crippen LogP contribution in [0.4, 0.5) is 23.2 Å². The zero-order valence-electron chi connectivity index (χ0n) is 25.5. The van der Waals surface area contributed by atoms with Gasteiger partial charge in [-0.2, -0.15) is 13.2 Å². The molecule has 12 heteroatoms. The van der Waals surface area contributed by atoms with E-state index in [-0.39, 0.29) is 5.82 Å².